The maximum absolute atomic E-state index is 12.0. The Labute approximate surface area is 110 Å². The standard InChI is InChI=1S/C14H16N2OS/c17-13(8-11-4-2-1-3-5-11)9-12-10-16-6-7-18-14(16)15-12/h6-8,10H,1-5,9H2. The number of thiazole rings is 1. The molecule has 1 saturated carbocycles. The molecule has 2 aromatic rings. The molecule has 0 saturated heterocycles. The Morgan fingerprint density at radius 2 is 2.22 bits per heavy atom. The summed E-state index contributed by atoms with van der Waals surface area (Å²) in [6.45, 7) is 0. The molecule has 0 bridgehead atoms. The van der Waals surface area contributed by atoms with Crippen LogP contribution in [0.2, 0.25) is 0 Å². The highest BCUT2D eigenvalue weighted by atomic mass is 32.1. The van der Waals surface area contributed by atoms with Crippen molar-refractivity contribution >= 4 is 22.1 Å². The van der Waals surface area contributed by atoms with Gasteiger partial charge >= 0.3 is 0 Å². The highest BCUT2D eigenvalue weighted by Crippen LogP contribution is 2.22. The minimum absolute atomic E-state index is 0.192. The minimum Gasteiger partial charge on any atom is -0.297 e. The average molecular weight is 260 g/mol. The van der Waals surface area contributed by atoms with E-state index in [9.17, 15) is 4.79 Å². The SMILES string of the molecule is O=C(C=C1CCCCC1)Cc1cn2ccsc2n1. The Morgan fingerprint density at radius 1 is 1.39 bits per heavy atom. The third kappa shape index (κ3) is 2.53. The van der Waals surface area contributed by atoms with E-state index in [1.165, 1.54) is 24.8 Å². The quantitative estimate of drug-likeness (QED) is 0.793. The summed E-state index contributed by atoms with van der Waals surface area (Å²) < 4.78 is 1.97. The monoisotopic (exact) mass is 260 g/mol. The Kier molecular flexibility index (Phi) is 3.28. The van der Waals surface area contributed by atoms with E-state index in [2.05, 4.69) is 4.98 Å². The van der Waals surface area contributed by atoms with Crippen molar-refractivity contribution in [3.63, 3.8) is 0 Å². The fourth-order valence-corrected chi connectivity index (χ4v) is 3.19. The lowest BCUT2D eigenvalue weighted by Crippen LogP contribution is -2.03. The second-order valence-electron chi connectivity index (χ2n) is 4.83. The Hall–Kier alpha value is -1.42. The molecular formula is C14H16N2OS. The van der Waals surface area contributed by atoms with E-state index >= 15 is 0 Å². The van der Waals surface area contributed by atoms with E-state index in [-0.39, 0.29) is 5.78 Å². The van der Waals surface area contributed by atoms with Crippen molar-refractivity contribution in [3.05, 3.63) is 35.1 Å². The van der Waals surface area contributed by atoms with Crippen LogP contribution in [0.25, 0.3) is 4.96 Å². The molecule has 0 spiro atoms. The first kappa shape index (κ1) is 11.7. The van der Waals surface area contributed by atoms with E-state index in [0.717, 1.165) is 23.5 Å². The van der Waals surface area contributed by atoms with Crippen LogP contribution < -0.4 is 0 Å². The molecule has 0 aliphatic heterocycles. The van der Waals surface area contributed by atoms with E-state index < -0.39 is 0 Å². The third-order valence-electron chi connectivity index (χ3n) is 3.36. The smallest absolute Gasteiger partial charge is 0.193 e. The summed E-state index contributed by atoms with van der Waals surface area (Å²) in [7, 11) is 0. The molecule has 18 heavy (non-hydrogen) atoms. The number of nitrogens with zero attached hydrogens (tertiary/aromatic N) is 2. The van der Waals surface area contributed by atoms with Crippen molar-refractivity contribution in [1.82, 2.24) is 9.38 Å². The van der Waals surface area contributed by atoms with Crippen LogP contribution in [0.3, 0.4) is 0 Å². The maximum atomic E-state index is 12.0. The lowest BCUT2D eigenvalue weighted by atomic mass is 9.93. The van der Waals surface area contributed by atoms with Gasteiger partial charge in [-0.05, 0) is 31.8 Å². The summed E-state index contributed by atoms with van der Waals surface area (Å²) in [5.74, 6) is 0.192. The summed E-state index contributed by atoms with van der Waals surface area (Å²) in [6, 6.07) is 0. The molecule has 0 N–H and O–H groups in total. The van der Waals surface area contributed by atoms with Gasteiger partial charge < -0.3 is 0 Å². The number of rotatable bonds is 3. The van der Waals surface area contributed by atoms with Crippen LogP contribution in [-0.4, -0.2) is 15.2 Å². The van der Waals surface area contributed by atoms with Crippen molar-refractivity contribution in [2.75, 3.05) is 0 Å². The topological polar surface area (TPSA) is 34.4 Å². The fourth-order valence-electron chi connectivity index (χ4n) is 2.47. The van der Waals surface area contributed by atoms with Gasteiger partial charge in [-0.3, -0.25) is 9.20 Å². The number of aromatic nitrogens is 2. The number of imidazole rings is 1. The second-order valence-corrected chi connectivity index (χ2v) is 5.70. The molecule has 3 nitrogen and oxygen atoms in total. The van der Waals surface area contributed by atoms with Gasteiger partial charge in [0.15, 0.2) is 10.7 Å². The summed E-state index contributed by atoms with van der Waals surface area (Å²) in [5.41, 5.74) is 2.20. The molecule has 94 valence electrons. The van der Waals surface area contributed by atoms with Gasteiger partial charge in [-0.25, -0.2) is 4.98 Å². The summed E-state index contributed by atoms with van der Waals surface area (Å²) >= 11 is 1.60. The number of ketones is 1. The van der Waals surface area contributed by atoms with Crippen LogP contribution in [-0.2, 0) is 11.2 Å². The van der Waals surface area contributed by atoms with Crippen LogP contribution >= 0.6 is 11.3 Å². The number of fused-ring (bicyclic) bond motifs is 1. The first-order valence-electron chi connectivity index (χ1n) is 6.44. The van der Waals surface area contributed by atoms with Crippen LogP contribution in [0.5, 0.6) is 0 Å². The molecule has 1 fully saturated rings. The number of hydrogen-bond acceptors (Lipinski definition) is 3. The zero-order valence-corrected chi connectivity index (χ0v) is 11.1. The van der Waals surface area contributed by atoms with Gasteiger partial charge in [-0.15, -0.1) is 11.3 Å². The van der Waals surface area contributed by atoms with Crippen molar-refractivity contribution in [2.45, 2.75) is 38.5 Å². The summed E-state index contributed by atoms with van der Waals surface area (Å²) in [4.78, 5) is 17.4. The molecule has 0 atom stereocenters. The van der Waals surface area contributed by atoms with E-state index in [1.807, 2.05) is 28.3 Å². The maximum Gasteiger partial charge on any atom is 0.193 e. The largest absolute Gasteiger partial charge is 0.297 e. The Balaban J connectivity index is 1.68. The zero-order valence-electron chi connectivity index (χ0n) is 10.3. The van der Waals surface area contributed by atoms with Gasteiger partial charge in [0.05, 0.1) is 12.1 Å². The third-order valence-corrected chi connectivity index (χ3v) is 4.13. The van der Waals surface area contributed by atoms with Gasteiger partial charge in [0.25, 0.3) is 0 Å². The normalized spacial score (nSPS) is 16.1. The zero-order chi connectivity index (χ0) is 12.4. The molecule has 0 aromatic carbocycles. The Morgan fingerprint density at radius 3 is 3.00 bits per heavy atom. The molecule has 2 heterocycles. The molecule has 0 unspecified atom stereocenters. The molecule has 0 radical (unpaired) electrons. The van der Waals surface area contributed by atoms with Gasteiger partial charge in [0.2, 0.25) is 0 Å². The first-order valence-corrected chi connectivity index (χ1v) is 7.32. The van der Waals surface area contributed by atoms with Gasteiger partial charge in [0.1, 0.15) is 0 Å². The highest BCUT2D eigenvalue weighted by molar-refractivity contribution is 7.15. The van der Waals surface area contributed by atoms with Crippen LogP contribution in [0.15, 0.2) is 29.4 Å². The molecule has 1 aliphatic carbocycles. The van der Waals surface area contributed by atoms with E-state index in [0.29, 0.717) is 6.42 Å². The lowest BCUT2D eigenvalue weighted by molar-refractivity contribution is -0.114. The number of carbonyl (C=O) groups is 1. The highest BCUT2D eigenvalue weighted by Gasteiger charge is 2.10. The molecule has 1 aliphatic rings. The van der Waals surface area contributed by atoms with Gasteiger partial charge in [-0.1, -0.05) is 12.0 Å². The van der Waals surface area contributed by atoms with Gasteiger partial charge in [0, 0.05) is 17.8 Å². The lowest BCUT2D eigenvalue weighted by Gasteiger charge is -2.12. The molecule has 3 rings (SSSR count). The molecule has 0 amide bonds. The van der Waals surface area contributed by atoms with Crippen LogP contribution in [0, 0.1) is 0 Å². The van der Waals surface area contributed by atoms with E-state index in [1.54, 1.807) is 11.3 Å². The number of hydrogen-bond donors (Lipinski definition) is 0. The van der Waals surface area contributed by atoms with Crippen molar-refractivity contribution in [3.8, 4) is 0 Å². The predicted octanol–water partition coefficient (Wildman–Crippen LogP) is 3.40. The molecular weight excluding hydrogens is 244 g/mol. The summed E-state index contributed by atoms with van der Waals surface area (Å²) in [6.07, 6.45) is 12.2. The van der Waals surface area contributed by atoms with E-state index in [4.69, 9.17) is 0 Å². The predicted molar refractivity (Wildman–Crippen MR) is 72.9 cm³/mol. The number of allylic oxidation sites excluding steroid dienone is 2. The average Bonchev–Trinajstić information content (AvgIpc) is 2.90. The van der Waals surface area contributed by atoms with Crippen LogP contribution in [0.4, 0.5) is 0 Å². The second kappa shape index (κ2) is 5.06. The van der Waals surface area contributed by atoms with Gasteiger partial charge in [-0.2, -0.15) is 0 Å². The van der Waals surface area contributed by atoms with Crippen molar-refractivity contribution in [1.29, 1.82) is 0 Å². The fraction of sp³-hybridized carbons (Fsp3) is 0.429. The Bertz CT molecular complexity index is 557. The van der Waals surface area contributed by atoms with Crippen molar-refractivity contribution < 1.29 is 4.79 Å². The van der Waals surface area contributed by atoms with Crippen molar-refractivity contribution in [2.24, 2.45) is 0 Å². The number of carbonyl (C=O) groups excluding carboxylic acids is 1. The molecule has 4 heteroatoms. The molecule has 2 aromatic heterocycles. The summed E-state index contributed by atoms with van der Waals surface area (Å²) in [5, 5.41) is 2.00. The van der Waals surface area contributed by atoms with Crippen LogP contribution in [0.1, 0.15) is 37.8 Å². The minimum atomic E-state index is 0.192. The first-order chi connectivity index (χ1) is 8.81.